The monoisotopic (exact) mass is 590 g/mol. The molecule has 0 radical (unpaired) electrons. The van der Waals surface area contributed by atoms with Crippen LogP contribution in [0.25, 0.3) is 0 Å². The summed E-state index contributed by atoms with van der Waals surface area (Å²) < 4.78 is 0.601. The van der Waals surface area contributed by atoms with E-state index in [4.69, 9.17) is 17.0 Å². The first kappa shape index (κ1) is 16.2. The zero-order valence-corrected chi connectivity index (χ0v) is 16.3. The lowest BCUT2D eigenvalue weighted by Gasteiger charge is -2.29. The zero-order valence-electron chi connectivity index (χ0n) is 9.10. The van der Waals surface area contributed by atoms with Crippen LogP contribution in [0, 0.1) is 5.41 Å². The summed E-state index contributed by atoms with van der Waals surface area (Å²) >= 11 is 12.1. The van der Waals surface area contributed by atoms with Gasteiger partial charge in [0.2, 0.25) is 0 Å². The van der Waals surface area contributed by atoms with Gasteiger partial charge in [-0.2, -0.15) is 0 Å². The Bertz CT molecular complexity index is 431. The third-order valence-electron chi connectivity index (χ3n) is 2.18. The molecule has 0 heterocycles. The fourth-order valence-corrected chi connectivity index (χ4v) is 6.69. The van der Waals surface area contributed by atoms with Crippen molar-refractivity contribution < 1.29 is 4.79 Å². The molecule has 2 atom stereocenters. The van der Waals surface area contributed by atoms with Crippen LogP contribution in [0.15, 0.2) is 20.9 Å². The predicted octanol–water partition coefficient (Wildman–Crippen LogP) is 3.53. The lowest BCUT2D eigenvalue weighted by molar-refractivity contribution is -0.108. The molecule has 0 aromatic rings. The van der Waals surface area contributed by atoms with Crippen molar-refractivity contribution in [1.29, 1.82) is 5.41 Å². The molecule has 0 fully saturated rings. The highest BCUT2D eigenvalue weighted by Crippen LogP contribution is 2.40. The van der Waals surface area contributed by atoms with E-state index in [1.165, 1.54) is 0 Å². The molecule has 1 rings (SSSR count). The minimum absolute atomic E-state index is 0.0106. The van der Waals surface area contributed by atoms with Gasteiger partial charge >= 0.3 is 0 Å². The molecule has 1 aliphatic carbocycles. The summed E-state index contributed by atoms with van der Waals surface area (Å²) in [4.78, 5) is 13.4. The summed E-state index contributed by atoms with van der Waals surface area (Å²) in [6, 6.07) is 0. The average Bonchev–Trinajstić information content (AvgIpc) is 2.21. The number of hydrogen-bond donors (Lipinski definition) is 1. The quantitative estimate of drug-likeness (QED) is 0.304. The van der Waals surface area contributed by atoms with Crippen molar-refractivity contribution in [3.63, 3.8) is 0 Å². The number of nitrogens with one attached hydrogen (secondary N) is 1. The van der Waals surface area contributed by atoms with Crippen LogP contribution in [0.1, 0.15) is 0 Å². The fraction of sp³-hybridized carbons (Fsp3) is 0.400. The highest BCUT2D eigenvalue weighted by molar-refractivity contribution is 14.1. The average molecular weight is 590 g/mol. The molecule has 7 heteroatoms. The summed E-state index contributed by atoms with van der Waals surface area (Å²) in [5.41, 5.74) is 2.01. The van der Waals surface area contributed by atoms with Crippen LogP contribution in [0.3, 0.4) is 0 Å². The first-order valence-electron chi connectivity index (χ1n) is 4.61. The second kappa shape index (κ2) is 6.51. The molecule has 0 amide bonds. The largest absolute Gasteiger partial charge is 0.383 e. The summed E-state index contributed by atoms with van der Waals surface area (Å²) in [5.74, 6) is 0. The van der Waals surface area contributed by atoms with E-state index in [0.29, 0.717) is 14.9 Å². The number of halogens is 4. The molecule has 0 saturated heterocycles. The van der Waals surface area contributed by atoms with Crippen LogP contribution in [-0.2, 0) is 4.79 Å². The molecule has 3 nitrogen and oxygen atoms in total. The second-order valence-corrected chi connectivity index (χ2v) is 7.65. The van der Waals surface area contributed by atoms with Crippen LogP contribution in [0.4, 0.5) is 0 Å². The van der Waals surface area contributed by atoms with E-state index in [-0.39, 0.29) is 7.85 Å². The van der Waals surface area contributed by atoms with Gasteiger partial charge in [-0.3, -0.25) is 4.79 Å². The van der Waals surface area contributed by atoms with Crippen LogP contribution >= 0.6 is 79.4 Å². The third kappa shape index (κ3) is 3.56. The Morgan fingerprint density at radius 3 is 2.35 bits per heavy atom. The van der Waals surface area contributed by atoms with Crippen molar-refractivity contribution in [2.45, 2.75) is 7.85 Å². The maximum atomic E-state index is 11.5. The first-order valence-corrected chi connectivity index (χ1v) is 8.56. The molecule has 0 aliphatic heterocycles. The van der Waals surface area contributed by atoms with Crippen molar-refractivity contribution in [3.05, 3.63) is 20.9 Å². The number of carbonyl (C=O) groups excluding carboxylic acids is 1. The van der Waals surface area contributed by atoms with Crippen LogP contribution < -0.4 is 0 Å². The topological polar surface area (TPSA) is 44.2 Å². The normalized spacial score (nSPS) is 27.6. The van der Waals surface area contributed by atoms with Crippen LogP contribution in [0.5, 0.6) is 0 Å². The Hall–Kier alpha value is 1.10. The van der Waals surface area contributed by atoms with Crippen molar-refractivity contribution in [3.8, 4) is 0 Å². The lowest BCUT2D eigenvalue weighted by atomic mass is 9.94. The zero-order chi connectivity index (χ0) is 13.3. The summed E-state index contributed by atoms with van der Waals surface area (Å²) in [6.45, 7) is 0. The van der Waals surface area contributed by atoms with Gasteiger partial charge in [-0.25, -0.2) is 0 Å². The van der Waals surface area contributed by atoms with Crippen molar-refractivity contribution in [2.75, 3.05) is 14.1 Å². The van der Waals surface area contributed by atoms with E-state index in [1.54, 1.807) is 0 Å². The van der Waals surface area contributed by atoms with Crippen LogP contribution in [0.2, 0.25) is 0 Å². The Balaban J connectivity index is 3.35. The molecule has 1 N–H and O–H groups in total. The van der Waals surface area contributed by atoms with Crippen molar-refractivity contribution in [1.82, 2.24) is 4.90 Å². The van der Waals surface area contributed by atoms with Gasteiger partial charge in [0.1, 0.15) is 0 Å². The van der Waals surface area contributed by atoms with Gasteiger partial charge in [0.15, 0.2) is 0 Å². The summed E-state index contributed by atoms with van der Waals surface area (Å²) in [5, 5.41) is 7.58. The van der Waals surface area contributed by atoms with E-state index in [9.17, 15) is 4.79 Å². The molecular formula is C10H10ClI3N2O. The molecule has 0 aromatic carbocycles. The van der Waals surface area contributed by atoms with E-state index < -0.39 is 5.24 Å². The SMILES string of the molecule is CN(C)C=C1C(I)C(=N)C(I)=C(C(=O)Cl)C1I. The van der Waals surface area contributed by atoms with Gasteiger partial charge in [-0.1, -0.05) is 45.2 Å². The molecule has 0 spiro atoms. The minimum Gasteiger partial charge on any atom is -0.383 e. The van der Waals surface area contributed by atoms with E-state index >= 15 is 0 Å². The van der Waals surface area contributed by atoms with E-state index in [0.717, 1.165) is 5.57 Å². The molecular weight excluding hydrogens is 580 g/mol. The maximum absolute atomic E-state index is 11.5. The third-order valence-corrected chi connectivity index (χ3v) is 6.23. The van der Waals surface area contributed by atoms with Crippen LogP contribution in [-0.4, -0.2) is 37.8 Å². The summed E-state index contributed by atoms with van der Waals surface area (Å²) in [7, 11) is 3.85. The second-order valence-electron chi connectivity index (χ2n) is 3.73. The fourth-order valence-electron chi connectivity index (χ4n) is 1.44. The standard InChI is InChI=1S/C10H10ClI3N2O/c1-16(2)3-4-6(12)5(10(11)17)8(14)9(15)7(4)13/h3,6-7,15H,1-2H3. The molecule has 94 valence electrons. The Kier molecular flexibility index (Phi) is 6.18. The molecule has 0 aromatic heterocycles. The number of nitrogens with zero attached hydrogens (tertiary/aromatic N) is 1. The van der Waals surface area contributed by atoms with E-state index in [2.05, 4.69) is 45.2 Å². The molecule has 1 aliphatic rings. The number of allylic oxidation sites excluding steroid dienone is 3. The molecule has 0 bridgehead atoms. The van der Waals surface area contributed by atoms with E-state index in [1.807, 2.05) is 47.8 Å². The highest BCUT2D eigenvalue weighted by Gasteiger charge is 2.36. The summed E-state index contributed by atoms with van der Waals surface area (Å²) in [6.07, 6.45) is 1.96. The Labute approximate surface area is 146 Å². The Morgan fingerprint density at radius 1 is 1.41 bits per heavy atom. The van der Waals surface area contributed by atoms with Gasteiger partial charge in [-0.05, 0) is 39.8 Å². The lowest BCUT2D eigenvalue weighted by Crippen LogP contribution is -2.32. The molecule has 2 unspecified atom stereocenters. The van der Waals surface area contributed by atoms with Gasteiger partial charge in [0, 0.05) is 29.4 Å². The van der Waals surface area contributed by atoms with Gasteiger partial charge in [-0.15, -0.1) is 0 Å². The first-order chi connectivity index (χ1) is 7.77. The van der Waals surface area contributed by atoms with Crippen molar-refractivity contribution >= 4 is 90.3 Å². The predicted molar refractivity (Wildman–Crippen MR) is 97.0 cm³/mol. The smallest absolute Gasteiger partial charge is 0.250 e. The maximum Gasteiger partial charge on any atom is 0.250 e. The van der Waals surface area contributed by atoms with Gasteiger partial charge < -0.3 is 10.3 Å². The van der Waals surface area contributed by atoms with Crippen molar-refractivity contribution in [2.24, 2.45) is 0 Å². The number of rotatable bonds is 2. The van der Waals surface area contributed by atoms with Gasteiger partial charge in [0.25, 0.3) is 5.24 Å². The molecule has 0 saturated carbocycles. The number of carbonyl (C=O) groups is 1. The highest BCUT2D eigenvalue weighted by atomic mass is 127. The minimum atomic E-state index is -0.466. The molecule has 17 heavy (non-hydrogen) atoms. The number of alkyl halides is 2. The van der Waals surface area contributed by atoms with Gasteiger partial charge in [0.05, 0.1) is 13.6 Å². The Morgan fingerprint density at radius 2 is 1.94 bits per heavy atom. The number of hydrogen-bond acceptors (Lipinski definition) is 3.